The fourth-order valence-corrected chi connectivity index (χ4v) is 12.4. The Morgan fingerprint density at radius 1 is 0.736 bits per heavy atom. The number of amides is 3. The Morgan fingerprint density at radius 2 is 1.34 bits per heavy atom. The summed E-state index contributed by atoms with van der Waals surface area (Å²) in [6, 6.07) is 13.8. The number of rotatable bonds is 36. The SMILES string of the molecule is C=CC(C(=O)NCCCCNC(=O)CCOCCOCCOCCOCCOCCC(=O)NCCCCCNC(=S)Nc1ccc(-c2c3ccc(=O)cc-3oc3cc(O)ccc23)c(C(=O)O)c1)C1CCC2C(=CC=C3CC(O)CCC3=C)CCCC21C. The molecule has 0 spiro atoms. The van der Waals surface area contributed by atoms with E-state index in [0.717, 1.165) is 88.2 Å². The van der Waals surface area contributed by atoms with Crippen molar-refractivity contribution < 1.29 is 62.6 Å². The molecule has 2 aromatic carbocycles. The maximum atomic E-state index is 13.5. The van der Waals surface area contributed by atoms with Crippen molar-refractivity contribution >= 4 is 57.7 Å². The molecule has 0 radical (unpaired) electrons. The predicted octanol–water partition coefficient (Wildman–Crippen LogP) is 9.39. The van der Waals surface area contributed by atoms with Crippen LogP contribution in [0.4, 0.5) is 5.69 Å². The van der Waals surface area contributed by atoms with Crippen LogP contribution in [0.15, 0.2) is 112 Å². The average Bonchev–Trinajstić information content (AvgIpc) is 1.83. The molecule has 20 heteroatoms. The molecule has 5 unspecified atom stereocenters. The minimum Gasteiger partial charge on any atom is -0.508 e. The molecular weight excluding hydrogens is 1130 g/mol. The van der Waals surface area contributed by atoms with Crippen LogP contribution in [-0.2, 0) is 38.1 Å². The number of carboxylic acids is 1. The first-order chi connectivity index (χ1) is 42.1. The van der Waals surface area contributed by atoms with E-state index in [-0.39, 0.29) is 83.0 Å². The number of aliphatic hydroxyl groups excluding tert-OH is 1. The number of hydrogen-bond donors (Lipinski definition) is 8. The van der Waals surface area contributed by atoms with Gasteiger partial charge in [0.1, 0.15) is 17.1 Å². The third-order valence-corrected chi connectivity index (χ3v) is 17.0. The lowest BCUT2D eigenvalue weighted by Crippen LogP contribution is -2.42. The number of aromatic hydroxyl groups is 1. The Morgan fingerprint density at radius 3 is 1.99 bits per heavy atom. The molecule has 3 saturated carbocycles. The Balaban J connectivity index is 0.614. The maximum Gasteiger partial charge on any atom is 0.336 e. The van der Waals surface area contributed by atoms with Gasteiger partial charge in [0.15, 0.2) is 10.5 Å². The molecule has 2 aromatic rings. The van der Waals surface area contributed by atoms with Crippen molar-refractivity contribution in [1.82, 2.24) is 21.3 Å². The summed E-state index contributed by atoms with van der Waals surface area (Å²) >= 11 is 5.48. The van der Waals surface area contributed by atoms with Crippen LogP contribution in [0.1, 0.15) is 114 Å². The molecule has 5 aliphatic rings. The second-order valence-corrected chi connectivity index (χ2v) is 23.3. The zero-order chi connectivity index (χ0) is 62.0. The van der Waals surface area contributed by atoms with Gasteiger partial charge in [0.2, 0.25) is 17.7 Å². The first kappa shape index (κ1) is 67.7. The highest BCUT2D eigenvalue weighted by molar-refractivity contribution is 7.80. The Kier molecular flexibility index (Phi) is 27.5. The number of nitrogens with one attached hydrogen (secondary N) is 5. The summed E-state index contributed by atoms with van der Waals surface area (Å²) in [4.78, 5) is 62.8. The Bertz CT molecular complexity index is 3070. The summed E-state index contributed by atoms with van der Waals surface area (Å²) in [5.41, 5.74) is 5.81. The number of aromatic carboxylic acids is 1. The van der Waals surface area contributed by atoms with Gasteiger partial charge in [-0.15, -0.1) is 6.58 Å². The van der Waals surface area contributed by atoms with E-state index in [1.165, 1.54) is 35.9 Å². The summed E-state index contributed by atoms with van der Waals surface area (Å²) in [7, 11) is 0. The number of benzene rings is 3. The molecule has 4 aliphatic carbocycles. The zero-order valence-corrected chi connectivity index (χ0v) is 51.2. The molecule has 5 atom stereocenters. The van der Waals surface area contributed by atoms with Crippen molar-refractivity contribution in [2.24, 2.45) is 23.2 Å². The molecule has 472 valence electrons. The summed E-state index contributed by atoms with van der Waals surface area (Å²) in [6.07, 6.45) is 18.1. The van der Waals surface area contributed by atoms with Gasteiger partial charge in [-0.3, -0.25) is 19.2 Å². The van der Waals surface area contributed by atoms with Gasteiger partial charge in [-0.05, 0) is 160 Å². The summed E-state index contributed by atoms with van der Waals surface area (Å²) in [6.45, 7) is 16.6. The smallest absolute Gasteiger partial charge is 0.336 e. The first-order valence-corrected chi connectivity index (χ1v) is 31.3. The predicted molar refractivity (Wildman–Crippen MR) is 340 cm³/mol. The number of unbranched alkanes of at least 4 members (excludes halogenated alkanes) is 3. The van der Waals surface area contributed by atoms with Crippen molar-refractivity contribution in [3.63, 3.8) is 0 Å². The molecule has 8 N–H and O–H groups in total. The molecule has 0 bridgehead atoms. The summed E-state index contributed by atoms with van der Waals surface area (Å²) in [5, 5.41) is 46.7. The number of aliphatic hydroxyl groups is 1. The van der Waals surface area contributed by atoms with Crippen LogP contribution in [0.3, 0.4) is 0 Å². The number of fused-ring (bicyclic) bond motifs is 3. The molecule has 7 rings (SSSR count). The lowest BCUT2D eigenvalue weighted by molar-refractivity contribution is -0.126. The van der Waals surface area contributed by atoms with Crippen molar-refractivity contribution in [2.75, 3.05) is 97.6 Å². The number of carbonyl (C=O) groups is 4. The molecule has 3 fully saturated rings. The van der Waals surface area contributed by atoms with Crippen LogP contribution in [-0.4, -0.2) is 142 Å². The van der Waals surface area contributed by atoms with Gasteiger partial charge in [0.05, 0.1) is 83.7 Å². The third-order valence-electron chi connectivity index (χ3n) is 16.8. The molecule has 19 nitrogen and oxygen atoms in total. The number of phenolic OH excluding ortho intramolecular Hbond substituents is 1. The fourth-order valence-electron chi connectivity index (χ4n) is 12.2. The molecular formula is C67H89N5O14S. The summed E-state index contributed by atoms with van der Waals surface area (Å²) < 4.78 is 33.7. The molecule has 87 heavy (non-hydrogen) atoms. The van der Waals surface area contributed by atoms with E-state index in [4.69, 9.17) is 40.3 Å². The highest BCUT2D eigenvalue weighted by Crippen LogP contribution is 2.59. The number of carbonyl (C=O) groups excluding carboxylic acids is 3. The van der Waals surface area contributed by atoms with E-state index < -0.39 is 5.97 Å². The van der Waals surface area contributed by atoms with Gasteiger partial charge in [-0.25, -0.2) is 4.79 Å². The average molecular weight is 1220 g/mol. The van der Waals surface area contributed by atoms with Gasteiger partial charge in [0, 0.05) is 73.4 Å². The number of anilines is 1. The van der Waals surface area contributed by atoms with E-state index in [0.29, 0.717) is 136 Å². The molecule has 1 aliphatic heterocycles. The molecule has 1 heterocycles. The second kappa shape index (κ2) is 35.3. The van der Waals surface area contributed by atoms with Crippen molar-refractivity contribution in [3.8, 4) is 28.2 Å². The summed E-state index contributed by atoms with van der Waals surface area (Å²) in [5.74, 6) is -0.627. The largest absolute Gasteiger partial charge is 0.508 e. The molecule has 0 aromatic heterocycles. The van der Waals surface area contributed by atoms with Crippen molar-refractivity contribution in [2.45, 2.75) is 109 Å². The van der Waals surface area contributed by atoms with Crippen LogP contribution in [0.25, 0.3) is 33.4 Å². The number of phenols is 1. The van der Waals surface area contributed by atoms with Gasteiger partial charge in [-0.2, -0.15) is 0 Å². The second-order valence-electron chi connectivity index (χ2n) is 22.9. The fraction of sp³-hybridized carbons (Fsp3) is 0.522. The van der Waals surface area contributed by atoms with E-state index >= 15 is 0 Å². The highest BCUT2D eigenvalue weighted by Gasteiger charge is 2.52. The lowest BCUT2D eigenvalue weighted by atomic mass is 9.61. The van der Waals surface area contributed by atoms with Gasteiger partial charge in [-0.1, -0.05) is 48.9 Å². The van der Waals surface area contributed by atoms with E-state index in [1.54, 1.807) is 24.3 Å². The lowest BCUT2D eigenvalue weighted by Gasteiger charge is -2.44. The maximum absolute atomic E-state index is 13.5. The van der Waals surface area contributed by atoms with Crippen LogP contribution in [0, 0.1) is 23.2 Å². The highest BCUT2D eigenvalue weighted by atomic mass is 32.1. The molecule has 0 saturated heterocycles. The number of ether oxygens (including phenoxy) is 5. The number of hydrogen-bond acceptors (Lipinski definition) is 14. The zero-order valence-electron chi connectivity index (χ0n) is 50.4. The Hall–Kier alpha value is -6.78. The normalized spacial score (nSPS) is 19.7. The third kappa shape index (κ3) is 20.7. The standard InChI is InChI=1S/C67H89N5O14S/c1-4-52(58-23-22-57-46(11-10-26-67(57,58)3)13-14-47-41-49(73)16-12-45(47)2)64(78)70-29-9-8-28-69-62(77)25-32-82-34-36-84-38-40-85-39-37-83-35-33-81-31-24-61(76)68-27-6-5-7-30-71-66(87)72-48-15-19-53(56(42-48)65(79)80)63-54-20-17-50(74)43-59(54)86-60-44-51(75)18-21-55(60)63/h4,13-15,17-21,42-44,49,52,57-58,73-74H,1-2,5-12,16,22-41H2,3H3,(H,68,76)(H,69,77)(H,70,78)(H,79,80)(H2,71,72,87). The van der Waals surface area contributed by atoms with Gasteiger partial charge >= 0.3 is 5.97 Å². The van der Waals surface area contributed by atoms with Crippen LogP contribution < -0.4 is 32.0 Å². The van der Waals surface area contributed by atoms with Crippen LogP contribution >= 0.6 is 12.2 Å². The number of allylic oxidation sites excluding steroid dienone is 4. The molecule has 3 amide bonds. The van der Waals surface area contributed by atoms with E-state index in [1.807, 2.05) is 6.08 Å². The van der Waals surface area contributed by atoms with Crippen LogP contribution in [0.2, 0.25) is 0 Å². The van der Waals surface area contributed by atoms with E-state index in [9.17, 15) is 39.3 Å². The van der Waals surface area contributed by atoms with Crippen LogP contribution in [0.5, 0.6) is 5.75 Å². The van der Waals surface area contributed by atoms with E-state index in [2.05, 4.69) is 58.8 Å². The quantitative estimate of drug-likeness (QED) is 0.00912. The number of thiocarbonyl (C=S) groups is 1. The topological polar surface area (TPSA) is 265 Å². The minimum absolute atomic E-state index is 0.00488. The Labute approximate surface area is 516 Å². The van der Waals surface area contributed by atoms with Crippen molar-refractivity contribution in [3.05, 3.63) is 118 Å². The first-order valence-electron chi connectivity index (χ1n) is 30.9. The minimum atomic E-state index is -1.16. The van der Waals surface area contributed by atoms with Crippen molar-refractivity contribution in [1.29, 1.82) is 0 Å². The van der Waals surface area contributed by atoms with Gasteiger partial charge in [0.25, 0.3) is 0 Å². The van der Waals surface area contributed by atoms with Gasteiger partial charge < -0.3 is 70.0 Å². The monoisotopic (exact) mass is 1220 g/mol. The number of carboxylic acid groups (broad SMARTS) is 1.